The maximum absolute atomic E-state index is 16.0. The van der Waals surface area contributed by atoms with Crippen LogP contribution in [0.25, 0.3) is 0 Å². The number of carbonyl (C=O) groups excluding carboxylic acids is 1. The molecule has 1 aromatic heterocycles. The van der Waals surface area contributed by atoms with Gasteiger partial charge in [0.1, 0.15) is 24.2 Å². The Morgan fingerprint density at radius 3 is 2.61 bits per heavy atom. The summed E-state index contributed by atoms with van der Waals surface area (Å²) in [5.41, 5.74) is 2.41. The number of ether oxygens (including phenoxy) is 2. The number of hydrogen-bond donors (Lipinski definition) is 3. The fraction of sp³-hybridized carbons (Fsp3) is 0.435. The molecule has 1 aliphatic heterocycles. The van der Waals surface area contributed by atoms with Gasteiger partial charge in [0.2, 0.25) is 10.4 Å². The lowest BCUT2D eigenvalue weighted by Gasteiger charge is -2.28. The van der Waals surface area contributed by atoms with Crippen molar-refractivity contribution in [3.05, 3.63) is 47.4 Å². The average Bonchev–Trinajstić information content (AvgIpc) is 3.05. The van der Waals surface area contributed by atoms with E-state index in [4.69, 9.17) is 42.9 Å². The molecule has 2 unspecified atom stereocenters. The van der Waals surface area contributed by atoms with Gasteiger partial charge in [-0.15, -0.1) is 6.42 Å². The van der Waals surface area contributed by atoms with Crippen LogP contribution in [-0.4, -0.2) is 57.0 Å². The van der Waals surface area contributed by atoms with E-state index in [2.05, 4.69) is 10.1 Å². The Labute approximate surface area is 222 Å². The molecule has 0 aliphatic carbocycles. The van der Waals surface area contributed by atoms with Gasteiger partial charge in [-0.25, -0.2) is 18.3 Å². The summed E-state index contributed by atoms with van der Waals surface area (Å²) in [6.45, 7) is 3.20. The molecule has 1 aliphatic rings. The number of nitrogens with zero attached hydrogens (tertiary/aromatic N) is 2. The minimum absolute atomic E-state index is 0.00000627. The molecule has 11 nitrogen and oxygen atoms in total. The number of benzene rings is 1. The number of carbonyl (C=O) groups is 1. The highest BCUT2D eigenvalue weighted by Gasteiger charge is 2.67. The largest absolute Gasteiger partial charge is 0.462 e. The van der Waals surface area contributed by atoms with Crippen LogP contribution in [0, 0.1) is 17.1 Å². The number of alkyl halides is 2. The van der Waals surface area contributed by atoms with E-state index in [0.29, 0.717) is 0 Å². The van der Waals surface area contributed by atoms with Crippen molar-refractivity contribution >= 4 is 31.8 Å². The first-order valence-corrected chi connectivity index (χ1v) is 13.2. The van der Waals surface area contributed by atoms with Gasteiger partial charge in [0, 0.05) is 6.20 Å². The highest BCUT2D eigenvalue weighted by Crippen LogP contribution is 2.51. The molecule has 0 bridgehead atoms. The van der Waals surface area contributed by atoms with E-state index in [1.54, 1.807) is 38.0 Å². The number of hydrogen-bond acceptors (Lipinski definition) is 10. The molecular formula is C23H27F2N4O7PS. The highest BCUT2D eigenvalue weighted by molar-refractivity contribution is 7.71. The molecule has 6 atom stereocenters. The zero-order valence-corrected chi connectivity index (χ0v) is 22.3. The third-order valence-electron chi connectivity index (χ3n) is 5.26. The number of terminal acetylenes is 1. The summed E-state index contributed by atoms with van der Waals surface area (Å²) in [4.78, 5) is 16.1. The number of halogens is 2. The molecule has 206 valence electrons. The molecule has 15 heteroatoms. The summed E-state index contributed by atoms with van der Waals surface area (Å²) >= 11 is 5.04. The van der Waals surface area contributed by atoms with Crippen molar-refractivity contribution in [2.45, 2.75) is 56.8 Å². The Balaban J connectivity index is 1.89. The molecule has 2 aromatic rings. The van der Waals surface area contributed by atoms with E-state index < -0.39 is 56.3 Å². The van der Waals surface area contributed by atoms with E-state index in [1.165, 1.54) is 25.1 Å². The molecule has 1 saturated heterocycles. The van der Waals surface area contributed by atoms with Gasteiger partial charge in [0.15, 0.2) is 12.3 Å². The minimum atomic E-state index is -4.59. The Morgan fingerprint density at radius 2 is 2.03 bits per heavy atom. The second-order valence-corrected chi connectivity index (χ2v) is 10.7. The first kappa shape index (κ1) is 29.6. The number of nitrogen functional groups attached to an aromatic ring is 1. The summed E-state index contributed by atoms with van der Waals surface area (Å²) in [5, 5.41) is 12.9. The molecule has 0 spiro atoms. The zero-order chi connectivity index (χ0) is 28.3. The van der Waals surface area contributed by atoms with Crippen LogP contribution < -0.4 is 15.3 Å². The predicted octanol–water partition coefficient (Wildman–Crippen LogP) is 3.23. The quantitative estimate of drug-likeness (QED) is 0.167. The van der Waals surface area contributed by atoms with Crippen molar-refractivity contribution < 1.29 is 41.8 Å². The van der Waals surface area contributed by atoms with Crippen molar-refractivity contribution in [1.29, 1.82) is 0 Å². The van der Waals surface area contributed by atoms with E-state index in [0.717, 1.165) is 10.8 Å². The number of para-hydroxylation sites is 1. The molecule has 1 aromatic carbocycles. The van der Waals surface area contributed by atoms with Gasteiger partial charge in [0.25, 0.3) is 5.85 Å². The van der Waals surface area contributed by atoms with Gasteiger partial charge in [-0.1, -0.05) is 24.1 Å². The van der Waals surface area contributed by atoms with Gasteiger partial charge < -0.3 is 24.8 Å². The van der Waals surface area contributed by atoms with E-state index in [9.17, 15) is 14.5 Å². The van der Waals surface area contributed by atoms with E-state index in [1.807, 2.05) is 0 Å². The lowest BCUT2D eigenvalue weighted by atomic mass is 9.96. The third-order valence-corrected chi connectivity index (χ3v) is 7.18. The normalized spacial score (nSPS) is 27.3. The summed E-state index contributed by atoms with van der Waals surface area (Å²) < 4.78 is 66.8. The lowest BCUT2D eigenvalue weighted by Crippen LogP contribution is -2.48. The summed E-state index contributed by atoms with van der Waals surface area (Å²) in [7, 11) is -4.59. The SMILES string of the molecule is C#CC1(F)[C@@H](O)[C@@](F)(COP(=O)(N[C@@H](C)C(=O)OC(C)C)Oc2ccccc2)O[C@H]1n1ccc(N)nc1=S. The maximum atomic E-state index is 16.0. The second kappa shape index (κ2) is 11.4. The van der Waals surface area contributed by atoms with Gasteiger partial charge in [-0.3, -0.25) is 13.9 Å². The summed E-state index contributed by atoms with van der Waals surface area (Å²) in [6, 6.07) is 7.64. The Bertz CT molecular complexity index is 1310. The summed E-state index contributed by atoms with van der Waals surface area (Å²) in [5.74, 6) is -2.41. The van der Waals surface area contributed by atoms with Crippen LogP contribution in [0.15, 0.2) is 42.6 Å². The number of nitrogens with one attached hydrogen (secondary N) is 1. The molecule has 0 radical (unpaired) electrons. The molecular weight excluding hydrogens is 545 g/mol. The Kier molecular flexibility index (Phi) is 8.93. The van der Waals surface area contributed by atoms with Gasteiger partial charge in [0.05, 0.1) is 6.10 Å². The van der Waals surface area contributed by atoms with Crippen LogP contribution in [0.4, 0.5) is 14.6 Å². The lowest BCUT2D eigenvalue weighted by molar-refractivity contribution is -0.203. The number of nitrogens with two attached hydrogens (primary N) is 1. The van der Waals surface area contributed by atoms with Crippen LogP contribution in [0.5, 0.6) is 5.75 Å². The highest BCUT2D eigenvalue weighted by atomic mass is 32.1. The molecule has 2 heterocycles. The van der Waals surface area contributed by atoms with Crippen molar-refractivity contribution in [2.24, 2.45) is 0 Å². The minimum Gasteiger partial charge on any atom is -0.462 e. The predicted molar refractivity (Wildman–Crippen MR) is 135 cm³/mol. The number of rotatable bonds is 10. The van der Waals surface area contributed by atoms with Crippen LogP contribution >= 0.6 is 20.0 Å². The fourth-order valence-corrected chi connectivity index (χ4v) is 5.19. The molecule has 1 fully saturated rings. The molecule has 0 saturated carbocycles. The topological polar surface area (TPSA) is 147 Å². The van der Waals surface area contributed by atoms with Crippen molar-refractivity contribution in [1.82, 2.24) is 14.6 Å². The first-order valence-electron chi connectivity index (χ1n) is 11.3. The number of anilines is 1. The maximum Gasteiger partial charge on any atom is 0.459 e. The molecule has 3 rings (SSSR count). The molecule has 38 heavy (non-hydrogen) atoms. The zero-order valence-electron chi connectivity index (χ0n) is 20.6. The monoisotopic (exact) mass is 572 g/mol. The average molecular weight is 573 g/mol. The number of esters is 1. The van der Waals surface area contributed by atoms with Crippen LogP contribution in [0.1, 0.15) is 27.0 Å². The van der Waals surface area contributed by atoms with Crippen molar-refractivity contribution in [3.63, 3.8) is 0 Å². The van der Waals surface area contributed by atoms with E-state index in [-0.39, 0.29) is 16.3 Å². The first-order chi connectivity index (χ1) is 17.7. The van der Waals surface area contributed by atoms with Crippen LogP contribution in [-0.2, 0) is 23.4 Å². The molecule has 0 amide bonds. The van der Waals surface area contributed by atoms with Crippen molar-refractivity contribution in [3.8, 4) is 18.1 Å². The van der Waals surface area contributed by atoms with Gasteiger partial charge in [-0.2, -0.15) is 5.09 Å². The number of aliphatic hydroxyl groups excluding tert-OH is 1. The van der Waals surface area contributed by atoms with Crippen molar-refractivity contribution in [2.75, 3.05) is 12.3 Å². The third kappa shape index (κ3) is 6.37. The van der Waals surface area contributed by atoms with E-state index >= 15 is 8.78 Å². The van der Waals surface area contributed by atoms with Crippen LogP contribution in [0.3, 0.4) is 0 Å². The standard InChI is InChI=1S/C23H27F2N4O7PS/c1-5-22(24)19(31)23(25,35-20(22)29-12-11-17(26)27-21(29)38)13-33-37(32,36-16-9-7-6-8-10-16)28-15(4)18(30)34-14(2)3/h1,6-12,14-15,19-20,31H,13H2,2-4H3,(H,28,32)(H2,26,27,38)/t15-,19+,20+,22?,23+,37?/m0/s1. The summed E-state index contributed by atoms with van der Waals surface area (Å²) in [6.07, 6.45) is 1.37. The number of aliphatic hydroxyl groups is 1. The number of aromatic nitrogens is 2. The Hall–Kier alpha value is -2.92. The molecule has 4 N–H and O–H groups in total. The smallest absolute Gasteiger partial charge is 0.459 e. The van der Waals surface area contributed by atoms with Gasteiger partial charge >= 0.3 is 13.7 Å². The van der Waals surface area contributed by atoms with Gasteiger partial charge in [-0.05, 0) is 51.2 Å². The second-order valence-electron chi connectivity index (χ2n) is 8.63. The Morgan fingerprint density at radius 1 is 1.37 bits per heavy atom. The van der Waals surface area contributed by atoms with Crippen LogP contribution in [0.2, 0.25) is 0 Å². The fourth-order valence-electron chi connectivity index (χ4n) is 3.42.